The van der Waals surface area contributed by atoms with Crippen LogP contribution in [0.25, 0.3) is 5.69 Å². The van der Waals surface area contributed by atoms with Crippen molar-refractivity contribution >= 4 is 11.9 Å². The van der Waals surface area contributed by atoms with Crippen LogP contribution in [0.5, 0.6) is 0 Å². The van der Waals surface area contributed by atoms with E-state index >= 15 is 0 Å². The molecule has 1 aromatic carbocycles. The van der Waals surface area contributed by atoms with Crippen LogP contribution in [0.15, 0.2) is 30.5 Å². The van der Waals surface area contributed by atoms with Crippen LogP contribution < -0.4 is 5.32 Å². The van der Waals surface area contributed by atoms with Crippen LogP contribution in [-0.4, -0.2) is 33.3 Å². The van der Waals surface area contributed by atoms with Gasteiger partial charge in [-0.15, -0.1) is 0 Å². The summed E-state index contributed by atoms with van der Waals surface area (Å²) in [5.74, 6) is -1.68. The third-order valence-electron chi connectivity index (χ3n) is 3.80. The second-order valence-electron chi connectivity index (χ2n) is 6.40. The Labute approximate surface area is 145 Å². The molecule has 0 aliphatic carbocycles. The third kappa shape index (κ3) is 4.65. The zero-order chi connectivity index (χ0) is 18.6. The van der Waals surface area contributed by atoms with Crippen LogP contribution in [0.4, 0.5) is 4.39 Å². The van der Waals surface area contributed by atoms with E-state index in [1.165, 1.54) is 18.3 Å². The smallest absolute Gasteiger partial charge is 0.303 e. The molecular formula is C18H22FN3O3. The van der Waals surface area contributed by atoms with Gasteiger partial charge in [-0.2, -0.15) is 5.10 Å². The summed E-state index contributed by atoms with van der Waals surface area (Å²) >= 11 is 0. The van der Waals surface area contributed by atoms with E-state index in [0.717, 1.165) is 5.69 Å². The summed E-state index contributed by atoms with van der Waals surface area (Å²) in [6.07, 6.45) is 1.47. The monoisotopic (exact) mass is 347 g/mol. The SMILES string of the molecule is CC(CNC(=O)c1cnn(-c2ccc(F)cc2)c1C(C)C)CC(=O)O. The minimum atomic E-state index is -0.895. The molecule has 0 bridgehead atoms. The molecule has 0 aliphatic rings. The highest BCUT2D eigenvalue weighted by Crippen LogP contribution is 2.23. The van der Waals surface area contributed by atoms with Crippen LogP contribution in [0.2, 0.25) is 0 Å². The first-order valence-electron chi connectivity index (χ1n) is 8.13. The Kier molecular flexibility index (Phi) is 5.90. The average molecular weight is 347 g/mol. The summed E-state index contributed by atoms with van der Waals surface area (Å²) in [5.41, 5.74) is 1.82. The lowest BCUT2D eigenvalue weighted by molar-refractivity contribution is -0.137. The third-order valence-corrected chi connectivity index (χ3v) is 3.80. The predicted octanol–water partition coefficient (Wildman–Crippen LogP) is 2.98. The number of amides is 1. The molecule has 1 atom stereocenters. The highest BCUT2D eigenvalue weighted by atomic mass is 19.1. The molecule has 6 nitrogen and oxygen atoms in total. The summed E-state index contributed by atoms with van der Waals surface area (Å²) in [5, 5.41) is 15.8. The second kappa shape index (κ2) is 7.92. The number of rotatable bonds is 7. The van der Waals surface area contributed by atoms with Gasteiger partial charge in [0.05, 0.1) is 23.1 Å². The Morgan fingerprint density at radius 3 is 2.44 bits per heavy atom. The van der Waals surface area contributed by atoms with E-state index in [1.807, 2.05) is 13.8 Å². The van der Waals surface area contributed by atoms with Gasteiger partial charge >= 0.3 is 5.97 Å². The van der Waals surface area contributed by atoms with Crippen LogP contribution in [0, 0.1) is 11.7 Å². The van der Waals surface area contributed by atoms with E-state index < -0.39 is 5.97 Å². The molecule has 1 heterocycles. The quantitative estimate of drug-likeness (QED) is 0.806. The molecule has 2 N–H and O–H groups in total. The lowest BCUT2D eigenvalue weighted by Crippen LogP contribution is -2.30. The Hall–Kier alpha value is -2.70. The minimum absolute atomic E-state index is 0.00778. The normalized spacial score (nSPS) is 12.2. The molecular weight excluding hydrogens is 325 g/mol. The Balaban J connectivity index is 2.22. The van der Waals surface area contributed by atoms with E-state index in [0.29, 0.717) is 11.3 Å². The van der Waals surface area contributed by atoms with Crippen molar-refractivity contribution in [3.8, 4) is 5.69 Å². The fourth-order valence-corrected chi connectivity index (χ4v) is 2.61. The molecule has 2 rings (SSSR count). The number of halogens is 1. The molecule has 134 valence electrons. The van der Waals surface area contributed by atoms with Crippen molar-refractivity contribution < 1.29 is 19.1 Å². The zero-order valence-electron chi connectivity index (χ0n) is 14.5. The summed E-state index contributed by atoms with van der Waals surface area (Å²) in [4.78, 5) is 23.2. The molecule has 1 unspecified atom stereocenters. The number of nitrogens with zero attached hydrogens (tertiary/aromatic N) is 2. The summed E-state index contributed by atoms with van der Waals surface area (Å²) in [6.45, 7) is 5.92. The molecule has 1 amide bonds. The number of carboxylic acids is 1. The van der Waals surface area contributed by atoms with Gasteiger partial charge in [-0.3, -0.25) is 9.59 Å². The fraction of sp³-hybridized carbons (Fsp3) is 0.389. The van der Waals surface area contributed by atoms with Crippen molar-refractivity contribution in [1.29, 1.82) is 0 Å². The van der Waals surface area contributed by atoms with Gasteiger partial charge in [0.15, 0.2) is 0 Å². The van der Waals surface area contributed by atoms with Crippen molar-refractivity contribution in [1.82, 2.24) is 15.1 Å². The van der Waals surface area contributed by atoms with Gasteiger partial charge in [0, 0.05) is 13.0 Å². The molecule has 0 fully saturated rings. The molecule has 0 aliphatic heterocycles. The molecule has 25 heavy (non-hydrogen) atoms. The van der Waals surface area contributed by atoms with Gasteiger partial charge in [-0.05, 0) is 36.1 Å². The lowest BCUT2D eigenvalue weighted by atomic mass is 10.0. The first-order chi connectivity index (χ1) is 11.8. The van der Waals surface area contributed by atoms with Crippen molar-refractivity contribution in [3.63, 3.8) is 0 Å². The minimum Gasteiger partial charge on any atom is -0.481 e. The van der Waals surface area contributed by atoms with Gasteiger partial charge in [-0.25, -0.2) is 9.07 Å². The topological polar surface area (TPSA) is 84.2 Å². The number of aliphatic carboxylic acids is 1. The Bertz CT molecular complexity index is 753. The maximum absolute atomic E-state index is 13.1. The number of hydrogen-bond donors (Lipinski definition) is 2. The standard InChI is InChI=1S/C18H22FN3O3/c1-11(2)17-15(18(25)20-9-12(3)8-16(23)24)10-21-22(17)14-6-4-13(19)5-7-14/h4-7,10-12H,8-9H2,1-3H3,(H,20,25)(H,23,24). The van der Waals surface area contributed by atoms with E-state index in [1.54, 1.807) is 23.7 Å². The van der Waals surface area contributed by atoms with E-state index in [-0.39, 0.29) is 36.5 Å². The average Bonchev–Trinajstić information content (AvgIpc) is 2.98. The van der Waals surface area contributed by atoms with Crippen molar-refractivity contribution in [2.45, 2.75) is 33.1 Å². The predicted molar refractivity (Wildman–Crippen MR) is 91.4 cm³/mol. The molecule has 0 saturated heterocycles. The number of carboxylic acid groups (broad SMARTS) is 1. The maximum atomic E-state index is 13.1. The second-order valence-corrected chi connectivity index (χ2v) is 6.40. The van der Waals surface area contributed by atoms with Gasteiger partial charge in [-0.1, -0.05) is 20.8 Å². The Morgan fingerprint density at radius 2 is 1.88 bits per heavy atom. The summed E-state index contributed by atoms with van der Waals surface area (Å²) < 4.78 is 14.8. The number of nitrogens with one attached hydrogen (secondary N) is 1. The highest BCUT2D eigenvalue weighted by molar-refractivity contribution is 5.95. The number of carbonyl (C=O) groups is 2. The zero-order valence-corrected chi connectivity index (χ0v) is 14.5. The first-order valence-corrected chi connectivity index (χ1v) is 8.13. The van der Waals surface area contributed by atoms with E-state index in [4.69, 9.17) is 5.11 Å². The van der Waals surface area contributed by atoms with Crippen LogP contribution in [0.1, 0.15) is 49.2 Å². The van der Waals surface area contributed by atoms with Crippen molar-refractivity contribution in [2.24, 2.45) is 5.92 Å². The maximum Gasteiger partial charge on any atom is 0.303 e. The van der Waals surface area contributed by atoms with Gasteiger partial charge in [0.1, 0.15) is 5.82 Å². The molecule has 7 heteroatoms. The largest absolute Gasteiger partial charge is 0.481 e. The number of hydrogen-bond acceptors (Lipinski definition) is 3. The van der Waals surface area contributed by atoms with Crippen LogP contribution in [0.3, 0.4) is 0 Å². The van der Waals surface area contributed by atoms with E-state index in [9.17, 15) is 14.0 Å². The highest BCUT2D eigenvalue weighted by Gasteiger charge is 2.21. The van der Waals surface area contributed by atoms with E-state index in [2.05, 4.69) is 10.4 Å². The fourth-order valence-electron chi connectivity index (χ4n) is 2.61. The summed E-state index contributed by atoms with van der Waals surface area (Å²) in [7, 11) is 0. The van der Waals surface area contributed by atoms with Crippen LogP contribution in [-0.2, 0) is 4.79 Å². The van der Waals surface area contributed by atoms with Gasteiger partial charge in [0.2, 0.25) is 0 Å². The van der Waals surface area contributed by atoms with Gasteiger partial charge < -0.3 is 10.4 Å². The van der Waals surface area contributed by atoms with Crippen molar-refractivity contribution in [2.75, 3.05) is 6.54 Å². The summed E-state index contributed by atoms with van der Waals surface area (Å²) in [6, 6.07) is 5.89. The van der Waals surface area contributed by atoms with Crippen molar-refractivity contribution in [3.05, 3.63) is 47.5 Å². The Morgan fingerprint density at radius 1 is 1.24 bits per heavy atom. The molecule has 0 saturated carbocycles. The lowest BCUT2D eigenvalue weighted by Gasteiger charge is -2.14. The van der Waals surface area contributed by atoms with Gasteiger partial charge in [0.25, 0.3) is 5.91 Å². The van der Waals surface area contributed by atoms with Crippen LogP contribution >= 0.6 is 0 Å². The molecule has 1 aromatic heterocycles. The first kappa shape index (κ1) is 18.6. The number of aromatic nitrogens is 2. The molecule has 2 aromatic rings. The molecule has 0 radical (unpaired) electrons. The number of benzene rings is 1. The molecule has 0 spiro atoms. The number of carbonyl (C=O) groups excluding carboxylic acids is 1.